The Morgan fingerprint density at radius 3 is 2.90 bits per heavy atom. The molecule has 0 unspecified atom stereocenters. The second-order valence-corrected chi connectivity index (χ2v) is 4.84. The Morgan fingerprint density at radius 2 is 2.25 bits per heavy atom. The number of nitrogens with two attached hydrogens (primary N) is 1. The molecule has 0 saturated heterocycles. The van der Waals surface area contributed by atoms with Crippen molar-refractivity contribution >= 4 is 11.6 Å². The highest BCUT2D eigenvalue weighted by atomic mass is 16.5. The molecule has 0 bridgehead atoms. The van der Waals surface area contributed by atoms with Gasteiger partial charge in [0.1, 0.15) is 6.54 Å². The van der Waals surface area contributed by atoms with E-state index < -0.39 is 0 Å². The third-order valence-corrected chi connectivity index (χ3v) is 2.79. The second kappa shape index (κ2) is 6.18. The highest BCUT2D eigenvalue weighted by Crippen LogP contribution is 2.18. The molecule has 2 rings (SSSR count). The van der Waals surface area contributed by atoms with Gasteiger partial charge in [-0.1, -0.05) is 31.1 Å². The Balaban J connectivity index is 2.00. The molecule has 0 radical (unpaired) electrons. The van der Waals surface area contributed by atoms with Gasteiger partial charge in [-0.3, -0.25) is 0 Å². The van der Waals surface area contributed by atoms with Gasteiger partial charge in [-0.05, 0) is 23.6 Å². The molecule has 0 fully saturated rings. The summed E-state index contributed by atoms with van der Waals surface area (Å²) >= 11 is 0. The number of anilines is 1. The van der Waals surface area contributed by atoms with Crippen molar-refractivity contribution in [3.63, 3.8) is 0 Å². The third-order valence-electron chi connectivity index (χ3n) is 2.79. The number of hydrogen-bond acceptors (Lipinski definition) is 4. The summed E-state index contributed by atoms with van der Waals surface area (Å²) < 4.78 is 4.87. The summed E-state index contributed by atoms with van der Waals surface area (Å²) in [5.41, 5.74) is 8.00. The minimum absolute atomic E-state index is 0.292. The topological polar surface area (TPSA) is 89.3 Å². The SMILES string of the molecule is Cc1nc(CN=C(N)Nc2cccc(C(C)C)c2)no1. The number of aryl methyl sites for hydroxylation is 1. The third kappa shape index (κ3) is 3.81. The van der Waals surface area contributed by atoms with Gasteiger partial charge in [0.15, 0.2) is 11.8 Å². The van der Waals surface area contributed by atoms with Gasteiger partial charge in [0.2, 0.25) is 5.89 Å². The van der Waals surface area contributed by atoms with Gasteiger partial charge in [-0.2, -0.15) is 4.98 Å². The van der Waals surface area contributed by atoms with Crippen LogP contribution in [-0.2, 0) is 6.54 Å². The van der Waals surface area contributed by atoms with E-state index in [-0.39, 0.29) is 0 Å². The number of guanidine groups is 1. The summed E-state index contributed by atoms with van der Waals surface area (Å²) in [7, 11) is 0. The van der Waals surface area contributed by atoms with Crippen LogP contribution < -0.4 is 11.1 Å². The highest BCUT2D eigenvalue weighted by molar-refractivity contribution is 5.92. The Kier molecular flexibility index (Phi) is 4.34. The van der Waals surface area contributed by atoms with Crippen LogP contribution in [0.4, 0.5) is 5.69 Å². The normalized spacial score (nSPS) is 11.9. The van der Waals surface area contributed by atoms with Crippen LogP contribution in [0.5, 0.6) is 0 Å². The molecule has 1 aromatic carbocycles. The van der Waals surface area contributed by atoms with Crippen molar-refractivity contribution < 1.29 is 4.52 Å². The van der Waals surface area contributed by atoms with E-state index in [1.54, 1.807) is 6.92 Å². The van der Waals surface area contributed by atoms with E-state index in [1.165, 1.54) is 5.56 Å². The minimum atomic E-state index is 0.292. The Hall–Kier alpha value is -2.37. The van der Waals surface area contributed by atoms with Crippen LogP contribution in [0.15, 0.2) is 33.8 Å². The van der Waals surface area contributed by atoms with Gasteiger partial charge in [0.25, 0.3) is 0 Å². The fourth-order valence-corrected chi connectivity index (χ4v) is 1.72. The van der Waals surface area contributed by atoms with Crippen LogP contribution >= 0.6 is 0 Å². The molecule has 6 heteroatoms. The average molecular weight is 273 g/mol. The monoisotopic (exact) mass is 273 g/mol. The fraction of sp³-hybridized carbons (Fsp3) is 0.357. The van der Waals surface area contributed by atoms with Crippen molar-refractivity contribution in [2.45, 2.75) is 33.2 Å². The Labute approximate surface area is 118 Å². The summed E-state index contributed by atoms with van der Waals surface area (Å²) in [5, 5.41) is 6.81. The predicted molar refractivity (Wildman–Crippen MR) is 78.5 cm³/mol. The maximum atomic E-state index is 5.84. The quantitative estimate of drug-likeness (QED) is 0.659. The van der Waals surface area contributed by atoms with Gasteiger partial charge in [-0.25, -0.2) is 4.99 Å². The first kappa shape index (κ1) is 14.0. The van der Waals surface area contributed by atoms with Gasteiger partial charge < -0.3 is 15.6 Å². The molecule has 0 aliphatic carbocycles. The molecule has 106 valence electrons. The maximum Gasteiger partial charge on any atom is 0.223 e. The van der Waals surface area contributed by atoms with Crippen molar-refractivity contribution in [2.75, 3.05) is 5.32 Å². The standard InChI is InChI=1S/C14H19N5O/c1-9(2)11-5-4-6-12(7-11)18-14(15)16-8-13-17-10(3)20-19-13/h4-7,9H,8H2,1-3H3,(H3,15,16,18). The van der Waals surface area contributed by atoms with E-state index in [2.05, 4.69) is 46.4 Å². The van der Waals surface area contributed by atoms with E-state index in [1.807, 2.05) is 12.1 Å². The molecule has 0 aliphatic heterocycles. The minimum Gasteiger partial charge on any atom is -0.370 e. The van der Waals surface area contributed by atoms with Crippen LogP contribution in [0.3, 0.4) is 0 Å². The van der Waals surface area contributed by atoms with E-state index in [4.69, 9.17) is 10.3 Å². The van der Waals surface area contributed by atoms with Crippen LogP contribution in [0.25, 0.3) is 0 Å². The molecule has 0 amide bonds. The van der Waals surface area contributed by atoms with Crippen molar-refractivity contribution in [2.24, 2.45) is 10.7 Å². The molecule has 0 spiro atoms. The van der Waals surface area contributed by atoms with Gasteiger partial charge in [0.05, 0.1) is 0 Å². The second-order valence-electron chi connectivity index (χ2n) is 4.84. The number of aliphatic imine (C=N–C) groups is 1. The number of nitrogens with zero attached hydrogens (tertiary/aromatic N) is 3. The zero-order valence-corrected chi connectivity index (χ0v) is 11.9. The lowest BCUT2D eigenvalue weighted by atomic mass is 10.0. The summed E-state index contributed by atoms with van der Waals surface area (Å²) in [6.45, 7) is 6.32. The van der Waals surface area contributed by atoms with E-state index >= 15 is 0 Å². The maximum absolute atomic E-state index is 5.84. The summed E-state index contributed by atoms with van der Waals surface area (Å²) in [6.07, 6.45) is 0. The Bertz CT molecular complexity index is 603. The van der Waals surface area contributed by atoms with Crippen LogP contribution in [0, 0.1) is 6.92 Å². The lowest BCUT2D eigenvalue weighted by Crippen LogP contribution is -2.22. The number of aromatic nitrogens is 2. The first-order chi connectivity index (χ1) is 9.54. The van der Waals surface area contributed by atoms with E-state index in [0.29, 0.717) is 30.1 Å². The lowest BCUT2D eigenvalue weighted by Gasteiger charge is -2.09. The smallest absolute Gasteiger partial charge is 0.223 e. The number of benzene rings is 1. The predicted octanol–water partition coefficient (Wildman–Crippen LogP) is 2.43. The van der Waals surface area contributed by atoms with Crippen molar-refractivity contribution in [1.82, 2.24) is 10.1 Å². The van der Waals surface area contributed by atoms with Crippen LogP contribution in [0.2, 0.25) is 0 Å². The van der Waals surface area contributed by atoms with Crippen LogP contribution in [-0.4, -0.2) is 16.1 Å². The molecule has 0 saturated carbocycles. The highest BCUT2D eigenvalue weighted by Gasteiger charge is 2.03. The summed E-state index contributed by atoms with van der Waals surface area (Å²) in [6, 6.07) is 8.09. The number of nitrogens with one attached hydrogen (secondary N) is 1. The molecular formula is C14H19N5O. The number of rotatable bonds is 4. The Morgan fingerprint density at radius 1 is 1.45 bits per heavy atom. The largest absolute Gasteiger partial charge is 0.370 e. The molecule has 6 nitrogen and oxygen atoms in total. The first-order valence-corrected chi connectivity index (χ1v) is 6.50. The molecular weight excluding hydrogens is 254 g/mol. The summed E-state index contributed by atoms with van der Waals surface area (Å²) in [5.74, 6) is 1.83. The van der Waals surface area contributed by atoms with Gasteiger partial charge in [0, 0.05) is 12.6 Å². The molecule has 0 aliphatic rings. The lowest BCUT2D eigenvalue weighted by molar-refractivity contribution is 0.387. The van der Waals surface area contributed by atoms with E-state index in [0.717, 1.165) is 5.69 Å². The summed E-state index contributed by atoms with van der Waals surface area (Å²) in [4.78, 5) is 8.23. The average Bonchev–Trinajstić information content (AvgIpc) is 2.82. The fourth-order valence-electron chi connectivity index (χ4n) is 1.72. The molecule has 2 aromatic rings. The van der Waals surface area contributed by atoms with Crippen molar-refractivity contribution in [1.29, 1.82) is 0 Å². The number of hydrogen-bond donors (Lipinski definition) is 2. The van der Waals surface area contributed by atoms with Crippen molar-refractivity contribution in [3.05, 3.63) is 41.5 Å². The van der Waals surface area contributed by atoms with Crippen LogP contribution in [0.1, 0.15) is 37.0 Å². The van der Waals surface area contributed by atoms with E-state index in [9.17, 15) is 0 Å². The van der Waals surface area contributed by atoms with Gasteiger partial charge >= 0.3 is 0 Å². The molecule has 3 N–H and O–H groups in total. The zero-order chi connectivity index (χ0) is 14.5. The molecule has 0 atom stereocenters. The van der Waals surface area contributed by atoms with Gasteiger partial charge in [-0.15, -0.1) is 0 Å². The molecule has 20 heavy (non-hydrogen) atoms. The zero-order valence-electron chi connectivity index (χ0n) is 11.9. The molecule has 1 heterocycles. The first-order valence-electron chi connectivity index (χ1n) is 6.50. The molecule has 1 aromatic heterocycles. The van der Waals surface area contributed by atoms with Crippen molar-refractivity contribution in [3.8, 4) is 0 Å².